The molecule has 0 amide bonds. The van der Waals surface area contributed by atoms with Gasteiger partial charge in [-0.1, -0.05) is 11.6 Å². The van der Waals surface area contributed by atoms with Crippen LogP contribution in [0.15, 0.2) is 23.2 Å². The van der Waals surface area contributed by atoms with Gasteiger partial charge in [-0.3, -0.25) is 9.79 Å². The molecule has 1 fully saturated rings. The minimum atomic E-state index is -0.225. The molecule has 27 heavy (non-hydrogen) atoms. The molecule has 1 aromatic carbocycles. The second-order valence-electron chi connectivity index (χ2n) is 6.81. The monoisotopic (exact) mass is 407 g/mol. The summed E-state index contributed by atoms with van der Waals surface area (Å²) < 4.78 is 10.2. The van der Waals surface area contributed by atoms with Crippen LogP contribution in [0.3, 0.4) is 0 Å². The summed E-state index contributed by atoms with van der Waals surface area (Å²) in [6, 6.07) is 6.34. The fourth-order valence-corrected chi connectivity index (χ4v) is 4.70. The van der Waals surface area contributed by atoms with Crippen LogP contribution in [0.4, 0.5) is 5.69 Å². The average molecular weight is 408 g/mol. The maximum Gasteiger partial charge on any atom is 0.307 e. The first kappa shape index (κ1) is 18.7. The number of rotatable bonds is 5. The molecule has 2 N–H and O–H groups in total. The van der Waals surface area contributed by atoms with Crippen molar-refractivity contribution in [1.82, 2.24) is 4.98 Å². The molecule has 2 aliphatic rings. The van der Waals surface area contributed by atoms with Crippen LogP contribution in [0.2, 0.25) is 5.02 Å². The lowest BCUT2D eigenvalue weighted by molar-refractivity contribution is -0.140. The fraction of sp³-hybridized carbons (Fsp3) is 0.474. The number of aliphatic imine (C=N–C) groups is 1. The number of ether oxygens (including phenoxy) is 2. The highest BCUT2D eigenvalue weighted by Gasteiger charge is 2.24. The highest BCUT2D eigenvalue weighted by Crippen LogP contribution is 2.33. The van der Waals surface area contributed by atoms with Crippen LogP contribution in [0.1, 0.15) is 25.0 Å². The normalized spacial score (nSPS) is 20.7. The summed E-state index contributed by atoms with van der Waals surface area (Å²) in [5.74, 6) is 0.560. The van der Waals surface area contributed by atoms with E-state index in [1.165, 1.54) is 7.11 Å². The average Bonchev–Trinajstić information content (AvgIpc) is 3.29. The molecule has 3 heterocycles. The SMILES string of the molecule is COC(=O)C[C@@H]1CSC(c2cc3cc(Cl)cc(NC4CCOCC4)c3[nH]2)=N1. The van der Waals surface area contributed by atoms with Crippen molar-refractivity contribution in [3.05, 3.63) is 28.9 Å². The van der Waals surface area contributed by atoms with Crippen LogP contribution in [-0.4, -0.2) is 54.2 Å². The summed E-state index contributed by atoms with van der Waals surface area (Å²) in [5.41, 5.74) is 2.99. The van der Waals surface area contributed by atoms with E-state index in [-0.39, 0.29) is 12.0 Å². The predicted molar refractivity (Wildman–Crippen MR) is 110 cm³/mol. The molecule has 0 spiro atoms. The molecule has 0 unspecified atom stereocenters. The van der Waals surface area contributed by atoms with Gasteiger partial charge in [-0.25, -0.2) is 0 Å². The number of halogens is 1. The summed E-state index contributed by atoms with van der Waals surface area (Å²) in [5, 5.41) is 6.28. The van der Waals surface area contributed by atoms with E-state index in [1.807, 2.05) is 12.1 Å². The van der Waals surface area contributed by atoms with Crippen LogP contribution in [0.25, 0.3) is 10.9 Å². The van der Waals surface area contributed by atoms with Crippen LogP contribution < -0.4 is 5.32 Å². The topological polar surface area (TPSA) is 75.7 Å². The lowest BCUT2D eigenvalue weighted by atomic mass is 10.1. The summed E-state index contributed by atoms with van der Waals surface area (Å²) in [6.45, 7) is 1.57. The molecule has 2 aliphatic heterocycles. The molecule has 2 aromatic rings. The third-order valence-corrected chi connectivity index (χ3v) is 6.22. The number of aromatic amines is 1. The minimum Gasteiger partial charge on any atom is -0.469 e. The number of thioether (sulfide) groups is 1. The third kappa shape index (κ3) is 4.25. The quantitative estimate of drug-likeness (QED) is 0.736. The summed E-state index contributed by atoms with van der Waals surface area (Å²) in [6.07, 6.45) is 2.29. The Labute approximate surface area is 167 Å². The van der Waals surface area contributed by atoms with Gasteiger partial charge in [0, 0.05) is 35.4 Å². The number of hydrogen-bond donors (Lipinski definition) is 2. The van der Waals surface area contributed by atoms with E-state index < -0.39 is 0 Å². The van der Waals surface area contributed by atoms with E-state index in [0.717, 1.165) is 59.1 Å². The fourth-order valence-electron chi connectivity index (χ4n) is 3.44. The number of carbonyl (C=O) groups excluding carboxylic acids is 1. The maximum atomic E-state index is 11.5. The Bertz CT molecular complexity index is 876. The largest absolute Gasteiger partial charge is 0.469 e. The zero-order valence-electron chi connectivity index (χ0n) is 15.1. The molecule has 0 radical (unpaired) electrons. The molecular weight excluding hydrogens is 386 g/mol. The number of fused-ring (bicyclic) bond motifs is 1. The third-order valence-electron chi connectivity index (χ3n) is 4.85. The highest BCUT2D eigenvalue weighted by atomic mass is 35.5. The molecule has 1 saturated heterocycles. The molecule has 4 rings (SSSR count). The number of aromatic nitrogens is 1. The first-order valence-corrected chi connectivity index (χ1v) is 10.4. The number of hydrogen-bond acceptors (Lipinski definition) is 6. The van der Waals surface area contributed by atoms with Gasteiger partial charge in [0.15, 0.2) is 0 Å². The van der Waals surface area contributed by atoms with Crippen molar-refractivity contribution in [1.29, 1.82) is 0 Å². The standard InChI is InChI=1S/C19H22ClN3O3S/c1-25-17(24)9-14-10-27-19(22-14)16-7-11-6-12(20)8-15(18(11)23-16)21-13-2-4-26-5-3-13/h6-8,13-14,21,23H,2-5,9-10H2,1H3/t14-/m1/s1. The van der Waals surface area contributed by atoms with Crippen molar-refractivity contribution in [2.24, 2.45) is 4.99 Å². The molecule has 1 aromatic heterocycles. The van der Waals surface area contributed by atoms with E-state index in [1.54, 1.807) is 11.8 Å². The van der Waals surface area contributed by atoms with Gasteiger partial charge >= 0.3 is 5.97 Å². The van der Waals surface area contributed by atoms with Crippen LogP contribution in [0, 0.1) is 0 Å². The van der Waals surface area contributed by atoms with Gasteiger partial charge in [0.2, 0.25) is 0 Å². The number of anilines is 1. The number of H-pyrrole nitrogens is 1. The first-order chi connectivity index (χ1) is 13.1. The number of nitrogens with one attached hydrogen (secondary N) is 2. The zero-order valence-corrected chi connectivity index (χ0v) is 16.7. The van der Waals surface area contributed by atoms with E-state index in [4.69, 9.17) is 21.1 Å². The molecule has 0 aliphatic carbocycles. The van der Waals surface area contributed by atoms with Crippen LogP contribution >= 0.6 is 23.4 Å². The Morgan fingerprint density at radius 1 is 1.41 bits per heavy atom. The van der Waals surface area contributed by atoms with E-state index in [0.29, 0.717) is 17.5 Å². The number of benzene rings is 1. The van der Waals surface area contributed by atoms with E-state index in [9.17, 15) is 4.79 Å². The summed E-state index contributed by atoms with van der Waals surface area (Å²) >= 11 is 8.00. The van der Waals surface area contributed by atoms with Crippen molar-refractivity contribution in [3.63, 3.8) is 0 Å². The van der Waals surface area contributed by atoms with Gasteiger partial charge in [-0.15, -0.1) is 11.8 Å². The first-order valence-electron chi connectivity index (χ1n) is 9.06. The lowest BCUT2D eigenvalue weighted by Crippen LogP contribution is -2.27. The molecule has 144 valence electrons. The molecular formula is C19H22ClN3O3S. The maximum absolute atomic E-state index is 11.5. The Morgan fingerprint density at radius 3 is 3.00 bits per heavy atom. The smallest absolute Gasteiger partial charge is 0.307 e. The van der Waals surface area contributed by atoms with Crippen LogP contribution in [-0.2, 0) is 14.3 Å². The van der Waals surface area contributed by atoms with E-state index >= 15 is 0 Å². The van der Waals surface area contributed by atoms with Gasteiger partial charge in [0.25, 0.3) is 0 Å². The Hall–Kier alpha value is -1.70. The second kappa shape index (κ2) is 8.12. The molecule has 6 nitrogen and oxygen atoms in total. The number of nitrogens with zero attached hydrogens (tertiary/aromatic N) is 1. The van der Waals surface area contributed by atoms with Gasteiger partial charge in [-0.05, 0) is 31.0 Å². The minimum absolute atomic E-state index is 0.0349. The second-order valence-corrected chi connectivity index (χ2v) is 8.26. The summed E-state index contributed by atoms with van der Waals surface area (Å²) in [4.78, 5) is 19.7. The number of methoxy groups -OCH3 is 1. The Kier molecular flexibility index (Phi) is 5.61. The highest BCUT2D eigenvalue weighted by molar-refractivity contribution is 8.14. The van der Waals surface area contributed by atoms with Crippen molar-refractivity contribution in [2.45, 2.75) is 31.3 Å². The molecule has 8 heteroatoms. The molecule has 0 saturated carbocycles. The van der Waals surface area contributed by atoms with Crippen molar-refractivity contribution in [2.75, 3.05) is 31.4 Å². The van der Waals surface area contributed by atoms with Gasteiger partial charge in [0.1, 0.15) is 5.04 Å². The van der Waals surface area contributed by atoms with E-state index in [2.05, 4.69) is 21.4 Å². The van der Waals surface area contributed by atoms with Crippen molar-refractivity contribution < 1.29 is 14.3 Å². The number of carbonyl (C=O) groups is 1. The van der Waals surface area contributed by atoms with Gasteiger partial charge in [0.05, 0.1) is 36.5 Å². The van der Waals surface area contributed by atoms with Gasteiger partial charge < -0.3 is 19.8 Å². The van der Waals surface area contributed by atoms with Crippen LogP contribution in [0.5, 0.6) is 0 Å². The van der Waals surface area contributed by atoms with Crippen molar-refractivity contribution >= 4 is 51.0 Å². The molecule has 0 bridgehead atoms. The Balaban J connectivity index is 1.59. The zero-order chi connectivity index (χ0) is 18.8. The lowest BCUT2D eigenvalue weighted by Gasteiger charge is -2.24. The Morgan fingerprint density at radius 2 is 2.22 bits per heavy atom. The van der Waals surface area contributed by atoms with Crippen molar-refractivity contribution in [3.8, 4) is 0 Å². The summed E-state index contributed by atoms with van der Waals surface area (Å²) in [7, 11) is 1.41. The predicted octanol–water partition coefficient (Wildman–Crippen LogP) is 3.84. The van der Waals surface area contributed by atoms with Gasteiger partial charge in [-0.2, -0.15) is 0 Å². The number of esters is 1. The molecule has 1 atom stereocenters.